The van der Waals surface area contributed by atoms with Crippen LogP contribution in [-0.2, 0) is 4.74 Å². The highest BCUT2D eigenvalue weighted by Gasteiger charge is 2.24. The van der Waals surface area contributed by atoms with Crippen LogP contribution in [0.1, 0.15) is 40.6 Å². The number of aromatic nitrogens is 1. The number of primary amides is 1. The van der Waals surface area contributed by atoms with Gasteiger partial charge in [0.15, 0.2) is 0 Å². The number of likely N-dealkylation sites (tertiary alicyclic amines) is 1. The van der Waals surface area contributed by atoms with Crippen LogP contribution in [0.2, 0.25) is 0 Å². The summed E-state index contributed by atoms with van der Waals surface area (Å²) in [5, 5.41) is 2.90. The molecule has 1 aliphatic heterocycles. The van der Waals surface area contributed by atoms with Gasteiger partial charge in [0, 0.05) is 25.3 Å². The summed E-state index contributed by atoms with van der Waals surface area (Å²) in [5.41, 5.74) is 5.58. The van der Waals surface area contributed by atoms with Crippen molar-refractivity contribution in [1.29, 1.82) is 0 Å². The van der Waals surface area contributed by atoms with E-state index in [2.05, 4.69) is 10.3 Å². The van der Waals surface area contributed by atoms with Gasteiger partial charge in [-0.15, -0.1) is 0 Å². The van der Waals surface area contributed by atoms with Crippen molar-refractivity contribution >= 4 is 17.9 Å². The SMILES string of the molecule is CCOC(=O)N1CCC(NC(=O)c2ccc(C(N)=O)nc2)CC1. The Balaban J connectivity index is 1.85. The number of nitrogens with zero attached hydrogens (tertiary/aromatic N) is 2. The second kappa shape index (κ2) is 7.57. The van der Waals surface area contributed by atoms with E-state index >= 15 is 0 Å². The minimum absolute atomic E-state index is 0.0102. The average molecular weight is 320 g/mol. The molecule has 0 atom stereocenters. The number of hydrogen-bond acceptors (Lipinski definition) is 5. The van der Waals surface area contributed by atoms with Crippen LogP contribution in [0.5, 0.6) is 0 Å². The molecule has 1 saturated heterocycles. The predicted octanol–water partition coefficient (Wildman–Crippen LogP) is 0.531. The molecule has 0 aliphatic carbocycles. The maximum Gasteiger partial charge on any atom is 0.409 e. The Kier molecular flexibility index (Phi) is 5.51. The molecule has 2 rings (SSSR count). The van der Waals surface area contributed by atoms with Crippen LogP contribution in [0.3, 0.4) is 0 Å². The first-order valence-electron chi connectivity index (χ1n) is 7.49. The summed E-state index contributed by atoms with van der Waals surface area (Å²) in [6.45, 7) is 3.21. The number of carbonyl (C=O) groups is 3. The topological polar surface area (TPSA) is 115 Å². The van der Waals surface area contributed by atoms with Gasteiger partial charge in [-0.3, -0.25) is 14.6 Å². The number of pyridine rings is 1. The smallest absolute Gasteiger partial charge is 0.409 e. The van der Waals surface area contributed by atoms with Crippen molar-refractivity contribution in [3.63, 3.8) is 0 Å². The minimum atomic E-state index is -0.636. The average Bonchev–Trinajstić information content (AvgIpc) is 2.55. The van der Waals surface area contributed by atoms with Crippen LogP contribution in [0.4, 0.5) is 4.79 Å². The molecule has 1 aromatic rings. The maximum atomic E-state index is 12.1. The lowest BCUT2D eigenvalue weighted by Crippen LogP contribution is -2.46. The summed E-state index contributed by atoms with van der Waals surface area (Å²) in [6.07, 6.45) is 2.33. The van der Waals surface area contributed by atoms with E-state index in [1.807, 2.05) is 0 Å². The monoisotopic (exact) mass is 320 g/mol. The molecule has 0 saturated carbocycles. The molecule has 0 unspecified atom stereocenters. The maximum absolute atomic E-state index is 12.1. The van der Waals surface area contributed by atoms with E-state index < -0.39 is 5.91 Å². The molecule has 0 radical (unpaired) electrons. The van der Waals surface area contributed by atoms with Crippen LogP contribution in [0.15, 0.2) is 18.3 Å². The Morgan fingerprint density at radius 1 is 1.35 bits per heavy atom. The molecule has 1 fully saturated rings. The number of nitrogens with one attached hydrogen (secondary N) is 1. The molecule has 3 N–H and O–H groups in total. The van der Waals surface area contributed by atoms with E-state index in [9.17, 15) is 14.4 Å². The van der Waals surface area contributed by atoms with Crippen molar-refractivity contribution in [2.24, 2.45) is 5.73 Å². The van der Waals surface area contributed by atoms with Crippen molar-refractivity contribution in [3.8, 4) is 0 Å². The quantitative estimate of drug-likeness (QED) is 0.840. The number of ether oxygens (including phenoxy) is 1. The van der Waals surface area contributed by atoms with Crippen molar-refractivity contribution in [2.75, 3.05) is 19.7 Å². The van der Waals surface area contributed by atoms with Gasteiger partial charge < -0.3 is 20.7 Å². The van der Waals surface area contributed by atoms with Gasteiger partial charge in [-0.25, -0.2) is 4.79 Å². The third kappa shape index (κ3) is 4.41. The Morgan fingerprint density at radius 2 is 2.04 bits per heavy atom. The molecule has 0 aromatic carbocycles. The summed E-state index contributed by atoms with van der Waals surface area (Å²) in [4.78, 5) is 40.2. The molecule has 0 bridgehead atoms. The second-order valence-corrected chi connectivity index (χ2v) is 5.23. The first-order valence-corrected chi connectivity index (χ1v) is 7.49. The summed E-state index contributed by atoms with van der Waals surface area (Å²) in [7, 11) is 0. The second-order valence-electron chi connectivity index (χ2n) is 5.23. The Bertz CT molecular complexity index is 580. The normalized spacial score (nSPS) is 15.1. The molecule has 8 nitrogen and oxygen atoms in total. The summed E-state index contributed by atoms with van der Waals surface area (Å²) >= 11 is 0. The zero-order valence-corrected chi connectivity index (χ0v) is 12.9. The highest BCUT2D eigenvalue weighted by Crippen LogP contribution is 2.12. The van der Waals surface area contributed by atoms with Crippen molar-refractivity contribution in [2.45, 2.75) is 25.8 Å². The number of amides is 3. The fourth-order valence-electron chi connectivity index (χ4n) is 2.36. The van der Waals surface area contributed by atoms with Gasteiger partial charge in [0.2, 0.25) is 0 Å². The molecule has 1 aromatic heterocycles. The third-order valence-corrected chi connectivity index (χ3v) is 3.63. The number of nitrogens with two attached hydrogens (primary N) is 1. The number of hydrogen-bond donors (Lipinski definition) is 2. The van der Waals surface area contributed by atoms with Gasteiger partial charge >= 0.3 is 6.09 Å². The fraction of sp³-hybridized carbons (Fsp3) is 0.467. The van der Waals surface area contributed by atoms with Crippen molar-refractivity contribution in [3.05, 3.63) is 29.6 Å². The molecule has 3 amide bonds. The number of carbonyl (C=O) groups excluding carboxylic acids is 3. The zero-order valence-electron chi connectivity index (χ0n) is 12.9. The zero-order chi connectivity index (χ0) is 16.8. The lowest BCUT2D eigenvalue weighted by molar-refractivity contribution is 0.0858. The Labute approximate surface area is 134 Å². The molecule has 0 spiro atoms. The van der Waals surface area contributed by atoms with Crippen LogP contribution in [0.25, 0.3) is 0 Å². The van der Waals surface area contributed by atoms with E-state index in [0.717, 1.165) is 0 Å². The van der Waals surface area contributed by atoms with Gasteiger partial charge in [-0.2, -0.15) is 0 Å². The van der Waals surface area contributed by atoms with Crippen molar-refractivity contribution in [1.82, 2.24) is 15.2 Å². The van der Waals surface area contributed by atoms with E-state index in [4.69, 9.17) is 10.5 Å². The van der Waals surface area contributed by atoms with E-state index in [0.29, 0.717) is 38.1 Å². The van der Waals surface area contributed by atoms with Gasteiger partial charge in [-0.05, 0) is 31.9 Å². The number of rotatable bonds is 4. The Hall–Kier alpha value is -2.64. The molecule has 23 heavy (non-hydrogen) atoms. The van der Waals surface area contributed by atoms with E-state index in [1.54, 1.807) is 11.8 Å². The van der Waals surface area contributed by atoms with Crippen LogP contribution >= 0.6 is 0 Å². The van der Waals surface area contributed by atoms with Gasteiger partial charge in [-0.1, -0.05) is 0 Å². The molecule has 1 aliphatic rings. The lowest BCUT2D eigenvalue weighted by atomic mass is 10.0. The molecular weight excluding hydrogens is 300 g/mol. The summed E-state index contributed by atoms with van der Waals surface area (Å²) in [5.74, 6) is -0.897. The highest BCUT2D eigenvalue weighted by molar-refractivity contribution is 5.95. The van der Waals surface area contributed by atoms with Crippen LogP contribution in [0, 0.1) is 0 Å². The fourth-order valence-corrected chi connectivity index (χ4v) is 2.36. The molecule has 124 valence electrons. The van der Waals surface area contributed by atoms with Gasteiger partial charge in [0.05, 0.1) is 12.2 Å². The summed E-state index contributed by atoms with van der Waals surface area (Å²) < 4.78 is 4.95. The number of piperidine rings is 1. The van der Waals surface area contributed by atoms with Crippen LogP contribution in [-0.4, -0.2) is 53.5 Å². The highest BCUT2D eigenvalue weighted by atomic mass is 16.6. The van der Waals surface area contributed by atoms with Gasteiger partial charge in [0.25, 0.3) is 11.8 Å². The van der Waals surface area contributed by atoms with E-state index in [1.165, 1.54) is 18.3 Å². The molecule has 8 heteroatoms. The first-order chi connectivity index (χ1) is 11.0. The Morgan fingerprint density at radius 3 is 2.57 bits per heavy atom. The van der Waals surface area contributed by atoms with Crippen molar-refractivity contribution < 1.29 is 19.1 Å². The minimum Gasteiger partial charge on any atom is -0.450 e. The molecular formula is C15H20N4O4. The molecule has 2 heterocycles. The largest absolute Gasteiger partial charge is 0.450 e. The lowest BCUT2D eigenvalue weighted by Gasteiger charge is -2.31. The van der Waals surface area contributed by atoms with E-state index in [-0.39, 0.29) is 23.7 Å². The predicted molar refractivity (Wildman–Crippen MR) is 81.8 cm³/mol. The van der Waals surface area contributed by atoms with Crippen LogP contribution < -0.4 is 11.1 Å². The summed E-state index contributed by atoms with van der Waals surface area (Å²) in [6, 6.07) is 2.92. The standard InChI is InChI=1S/C15H20N4O4/c1-2-23-15(22)19-7-5-11(6-8-19)18-14(21)10-3-4-12(13(16)20)17-9-10/h3-4,9,11H,2,5-8H2,1H3,(H2,16,20)(H,18,21). The van der Waals surface area contributed by atoms with Gasteiger partial charge in [0.1, 0.15) is 5.69 Å². The first kappa shape index (κ1) is 16.7. The third-order valence-electron chi connectivity index (χ3n) is 3.63.